The zero-order valence-corrected chi connectivity index (χ0v) is 17.8. The largest absolute Gasteiger partial charge is 0.379 e. The van der Waals surface area contributed by atoms with Crippen LogP contribution in [0.25, 0.3) is 0 Å². The predicted octanol–water partition coefficient (Wildman–Crippen LogP) is 2.48. The number of carbonyl (C=O) groups is 1. The molecule has 1 aliphatic heterocycles. The summed E-state index contributed by atoms with van der Waals surface area (Å²) in [6.07, 6.45) is 0. The fraction of sp³-hybridized carbons (Fsp3) is 0.353. The molecule has 1 N–H and O–H groups in total. The summed E-state index contributed by atoms with van der Waals surface area (Å²) in [4.78, 5) is 16.6. The molecule has 0 unspecified atom stereocenters. The van der Waals surface area contributed by atoms with Crippen molar-refractivity contribution in [1.29, 1.82) is 5.26 Å². The molecule has 1 amide bonds. The number of aromatic nitrogens is 1. The van der Waals surface area contributed by atoms with Gasteiger partial charge in [0.25, 0.3) is 5.91 Å². The summed E-state index contributed by atoms with van der Waals surface area (Å²) in [6.45, 7) is 2.69. The van der Waals surface area contributed by atoms with E-state index in [1.54, 1.807) is 6.92 Å². The maximum Gasteiger partial charge on any atom is 0.260 e. The molecule has 0 saturated carbocycles. The van der Waals surface area contributed by atoms with Gasteiger partial charge in [0.2, 0.25) is 10.0 Å². The quantitative estimate of drug-likeness (QED) is 0.665. The van der Waals surface area contributed by atoms with Gasteiger partial charge in [-0.05, 0) is 25.1 Å². The number of anilines is 1. The van der Waals surface area contributed by atoms with Crippen molar-refractivity contribution in [2.45, 2.75) is 16.0 Å². The third kappa shape index (κ3) is 4.93. The molecule has 12 heteroatoms. The Bertz CT molecular complexity index is 1060. The number of morpholine rings is 1. The van der Waals surface area contributed by atoms with Crippen molar-refractivity contribution < 1.29 is 22.3 Å². The molecule has 1 aromatic heterocycles. The lowest BCUT2D eigenvalue weighted by atomic mass is 10.2. The van der Waals surface area contributed by atoms with E-state index in [1.165, 1.54) is 27.4 Å². The molecule has 29 heavy (non-hydrogen) atoms. The lowest BCUT2D eigenvalue weighted by molar-refractivity contribution is 0.0730. The minimum Gasteiger partial charge on any atom is -0.379 e. The molecule has 8 nitrogen and oxygen atoms in total. The van der Waals surface area contributed by atoms with Gasteiger partial charge in [-0.1, -0.05) is 23.1 Å². The van der Waals surface area contributed by atoms with Crippen molar-refractivity contribution in [1.82, 2.24) is 9.29 Å². The molecule has 0 radical (unpaired) electrons. The summed E-state index contributed by atoms with van der Waals surface area (Å²) in [5, 5.41) is 11.4. The van der Waals surface area contributed by atoms with Crippen LogP contribution in [0.2, 0.25) is 0 Å². The number of aryl methyl sites for hydroxylation is 1. The van der Waals surface area contributed by atoms with E-state index in [0.29, 0.717) is 5.69 Å². The minimum atomic E-state index is -3.86. The van der Waals surface area contributed by atoms with Crippen LogP contribution in [-0.2, 0) is 14.8 Å². The van der Waals surface area contributed by atoms with E-state index in [2.05, 4.69) is 10.3 Å². The third-order valence-corrected chi connectivity index (χ3v) is 8.23. The monoisotopic (exact) mass is 456 g/mol. The van der Waals surface area contributed by atoms with Crippen molar-refractivity contribution >= 4 is 44.2 Å². The number of rotatable bonds is 6. The van der Waals surface area contributed by atoms with Crippen LogP contribution in [0, 0.1) is 24.1 Å². The number of amides is 1. The first kappa shape index (κ1) is 21.7. The van der Waals surface area contributed by atoms with Gasteiger partial charge < -0.3 is 4.74 Å². The van der Waals surface area contributed by atoms with Crippen LogP contribution in [-0.4, -0.2) is 55.7 Å². The highest BCUT2D eigenvalue weighted by atomic mass is 32.2. The Morgan fingerprint density at radius 2 is 2.17 bits per heavy atom. The molecule has 0 bridgehead atoms. The maximum atomic E-state index is 14.3. The highest BCUT2D eigenvalue weighted by molar-refractivity contribution is 8.01. The standard InChI is InChI=1S/C17H17FN4O4S3/c1-11-16(27-9-4-19)28-17(20-11)21-15(23)13-10-12(2-3-14(13)18)29(24,25)22-5-7-26-8-6-22/h2-3,10H,5-9H2,1H3,(H,20,21,23). The van der Waals surface area contributed by atoms with Crippen molar-refractivity contribution in [2.24, 2.45) is 0 Å². The van der Waals surface area contributed by atoms with Crippen LogP contribution in [0.5, 0.6) is 0 Å². The second kappa shape index (κ2) is 9.19. The van der Waals surface area contributed by atoms with E-state index in [-0.39, 0.29) is 42.1 Å². The molecule has 154 valence electrons. The number of nitriles is 1. The zero-order valence-electron chi connectivity index (χ0n) is 15.3. The second-order valence-corrected chi connectivity index (χ2v) is 10.1. The topological polar surface area (TPSA) is 112 Å². The Balaban J connectivity index is 1.82. The first-order chi connectivity index (χ1) is 13.8. The van der Waals surface area contributed by atoms with Crippen LogP contribution in [0.15, 0.2) is 27.3 Å². The van der Waals surface area contributed by atoms with E-state index >= 15 is 0 Å². The summed E-state index contributed by atoms with van der Waals surface area (Å²) < 4.78 is 46.9. The zero-order chi connectivity index (χ0) is 21.0. The van der Waals surface area contributed by atoms with Crippen LogP contribution < -0.4 is 5.32 Å². The predicted molar refractivity (Wildman–Crippen MR) is 107 cm³/mol. The van der Waals surface area contributed by atoms with E-state index in [1.807, 2.05) is 6.07 Å². The molecule has 1 aromatic carbocycles. The lowest BCUT2D eigenvalue weighted by Gasteiger charge is -2.26. The number of hydrogen-bond acceptors (Lipinski definition) is 8. The van der Waals surface area contributed by atoms with Crippen LogP contribution >= 0.6 is 23.1 Å². The lowest BCUT2D eigenvalue weighted by Crippen LogP contribution is -2.40. The Labute approximate surface area is 175 Å². The van der Waals surface area contributed by atoms with Gasteiger partial charge in [0, 0.05) is 13.1 Å². The molecule has 2 aromatic rings. The molecule has 1 aliphatic rings. The average molecular weight is 457 g/mol. The second-order valence-electron chi connectivity index (χ2n) is 5.95. The summed E-state index contributed by atoms with van der Waals surface area (Å²) in [6, 6.07) is 5.14. The van der Waals surface area contributed by atoms with E-state index < -0.39 is 27.3 Å². The van der Waals surface area contributed by atoms with Crippen molar-refractivity contribution in [3.8, 4) is 6.07 Å². The smallest absolute Gasteiger partial charge is 0.260 e. The van der Waals surface area contributed by atoms with Crippen LogP contribution in [0.3, 0.4) is 0 Å². The van der Waals surface area contributed by atoms with Gasteiger partial charge >= 0.3 is 0 Å². The maximum absolute atomic E-state index is 14.3. The number of halogens is 1. The summed E-state index contributed by atoms with van der Waals surface area (Å²) in [5.41, 5.74) is 0.257. The molecular formula is C17H17FN4O4S3. The number of benzene rings is 1. The Morgan fingerprint density at radius 3 is 2.86 bits per heavy atom. The highest BCUT2D eigenvalue weighted by Gasteiger charge is 2.28. The third-order valence-electron chi connectivity index (χ3n) is 4.03. The molecule has 0 spiro atoms. The van der Waals surface area contributed by atoms with Crippen molar-refractivity contribution in [3.05, 3.63) is 35.3 Å². The molecule has 2 heterocycles. The Hall–Kier alpha value is -2.04. The van der Waals surface area contributed by atoms with E-state index in [4.69, 9.17) is 10.00 Å². The van der Waals surface area contributed by atoms with Crippen molar-refractivity contribution in [3.63, 3.8) is 0 Å². The summed E-state index contributed by atoms with van der Waals surface area (Å²) in [5.74, 6) is -1.39. The van der Waals surface area contributed by atoms with E-state index in [9.17, 15) is 17.6 Å². The molecule has 1 fully saturated rings. The van der Waals surface area contributed by atoms with Gasteiger partial charge in [0.05, 0.1) is 45.4 Å². The summed E-state index contributed by atoms with van der Waals surface area (Å²) in [7, 11) is -3.86. The Kier molecular flexibility index (Phi) is 6.86. The van der Waals surface area contributed by atoms with Crippen LogP contribution in [0.4, 0.5) is 9.52 Å². The first-order valence-electron chi connectivity index (χ1n) is 8.49. The van der Waals surface area contributed by atoms with E-state index in [0.717, 1.165) is 22.4 Å². The van der Waals surface area contributed by atoms with Gasteiger partial charge in [-0.25, -0.2) is 17.8 Å². The SMILES string of the molecule is Cc1nc(NC(=O)c2cc(S(=O)(=O)N3CCOCC3)ccc2F)sc1SCC#N. The average Bonchev–Trinajstić information content (AvgIpc) is 3.06. The van der Waals surface area contributed by atoms with Gasteiger partial charge in [0.15, 0.2) is 5.13 Å². The number of carbonyl (C=O) groups excluding carboxylic acids is 1. The number of hydrogen-bond donors (Lipinski definition) is 1. The fourth-order valence-corrected chi connectivity index (χ4v) is 5.84. The number of thioether (sulfide) groups is 1. The number of thiazole rings is 1. The normalized spacial score (nSPS) is 15.1. The Morgan fingerprint density at radius 1 is 1.45 bits per heavy atom. The minimum absolute atomic E-state index is 0.161. The number of nitrogens with one attached hydrogen (secondary N) is 1. The molecule has 0 aliphatic carbocycles. The number of sulfonamides is 1. The molecule has 3 rings (SSSR count). The van der Waals surface area contributed by atoms with Crippen LogP contribution in [0.1, 0.15) is 16.1 Å². The van der Waals surface area contributed by atoms with Gasteiger partial charge in [0.1, 0.15) is 5.82 Å². The van der Waals surface area contributed by atoms with Crippen molar-refractivity contribution in [2.75, 3.05) is 37.4 Å². The molecule has 0 atom stereocenters. The molecule has 1 saturated heterocycles. The first-order valence-corrected chi connectivity index (χ1v) is 11.7. The van der Waals surface area contributed by atoms with Gasteiger partial charge in [-0.2, -0.15) is 9.57 Å². The fourth-order valence-electron chi connectivity index (χ4n) is 2.61. The number of ether oxygens (including phenoxy) is 1. The highest BCUT2D eigenvalue weighted by Crippen LogP contribution is 2.32. The van der Waals surface area contributed by atoms with Gasteiger partial charge in [-0.3, -0.25) is 10.1 Å². The summed E-state index contributed by atoms with van der Waals surface area (Å²) >= 11 is 2.46. The number of nitrogens with zero attached hydrogens (tertiary/aromatic N) is 3. The van der Waals surface area contributed by atoms with Gasteiger partial charge in [-0.15, -0.1) is 0 Å². The molecular weight excluding hydrogens is 439 g/mol.